The van der Waals surface area contributed by atoms with Crippen LogP contribution in [0.2, 0.25) is 0 Å². The third kappa shape index (κ3) is 7.21. The van der Waals surface area contributed by atoms with Crippen molar-refractivity contribution < 1.29 is 32.2 Å². The van der Waals surface area contributed by atoms with Crippen LogP contribution in [0.5, 0.6) is 5.75 Å². The van der Waals surface area contributed by atoms with Gasteiger partial charge < -0.3 is 28.9 Å². The number of fused-ring (bicyclic) bond motifs is 2. The smallest absolute Gasteiger partial charge is 0.420 e. The summed E-state index contributed by atoms with van der Waals surface area (Å²) < 4.78 is 42.4. The van der Waals surface area contributed by atoms with Crippen LogP contribution >= 0.6 is 0 Å². The SMILES string of the molecule is Cc1cc(N2CCN(C(=O)OC(C)(C)C)CC2)cc2c1O[C@H](C)c1c(N3CCS(=O)(=O)CC3)ncnc1N2C(=O)OC(C)(C)C. The van der Waals surface area contributed by atoms with Crippen molar-refractivity contribution in [2.75, 3.05) is 65.5 Å². The zero-order chi connectivity index (χ0) is 32.9. The molecule has 0 radical (unpaired) electrons. The Morgan fingerprint density at radius 2 is 1.42 bits per heavy atom. The minimum atomic E-state index is -3.13. The maximum absolute atomic E-state index is 14.0. The van der Waals surface area contributed by atoms with Crippen molar-refractivity contribution in [1.82, 2.24) is 14.9 Å². The van der Waals surface area contributed by atoms with Gasteiger partial charge in [-0.2, -0.15) is 0 Å². The Kier molecular flexibility index (Phi) is 8.58. The zero-order valence-electron chi connectivity index (χ0n) is 27.4. The van der Waals surface area contributed by atoms with Crippen LogP contribution in [0.1, 0.15) is 65.7 Å². The highest BCUT2D eigenvalue weighted by Crippen LogP contribution is 2.48. The fourth-order valence-corrected chi connectivity index (χ4v) is 6.85. The normalized spacial score (nSPS) is 20.0. The minimum absolute atomic E-state index is 0.0146. The fourth-order valence-electron chi connectivity index (χ4n) is 5.65. The third-order valence-corrected chi connectivity index (χ3v) is 9.36. The number of hydrogen-bond donors (Lipinski definition) is 0. The summed E-state index contributed by atoms with van der Waals surface area (Å²) in [5.74, 6) is 1.39. The Morgan fingerprint density at radius 1 is 0.844 bits per heavy atom. The second-order valence-corrected chi connectivity index (χ2v) is 16.0. The standard InChI is InChI=1S/C31H44N6O7S/c1-20-17-22(34-9-11-36(12-10-34)28(38)43-30(3,4)5)18-23-25(20)42-21(2)24-26(35-13-15-45(40,41)16-14-35)32-19-33-27(24)37(23)29(39)44-31(6,7)8/h17-19,21H,9-16H2,1-8H3/t21-/m1/s1. The quantitative estimate of drug-likeness (QED) is 0.454. The van der Waals surface area contributed by atoms with Crippen molar-refractivity contribution in [3.05, 3.63) is 29.6 Å². The van der Waals surface area contributed by atoms with E-state index in [1.165, 1.54) is 11.2 Å². The molecule has 1 aromatic carbocycles. The topological polar surface area (TPSA) is 135 Å². The van der Waals surface area contributed by atoms with Gasteiger partial charge in [-0.1, -0.05) is 0 Å². The maximum atomic E-state index is 14.0. The van der Waals surface area contributed by atoms with Gasteiger partial charge in [0.2, 0.25) is 0 Å². The van der Waals surface area contributed by atoms with Gasteiger partial charge in [-0.15, -0.1) is 0 Å². The van der Waals surface area contributed by atoms with Gasteiger partial charge in [0.15, 0.2) is 15.7 Å². The molecule has 0 aliphatic carbocycles. The molecular weight excluding hydrogens is 600 g/mol. The number of sulfone groups is 1. The van der Waals surface area contributed by atoms with Crippen LogP contribution in [0.25, 0.3) is 0 Å². The van der Waals surface area contributed by atoms with E-state index in [1.54, 1.807) is 25.7 Å². The Bertz CT molecular complexity index is 1560. The van der Waals surface area contributed by atoms with Gasteiger partial charge in [0, 0.05) is 45.0 Å². The molecule has 2 saturated heterocycles. The highest BCUT2D eigenvalue weighted by Gasteiger charge is 2.39. The number of carbonyl (C=O) groups is 2. The first kappa shape index (κ1) is 32.6. The molecule has 2 fully saturated rings. The number of ether oxygens (including phenoxy) is 3. The molecule has 3 aliphatic heterocycles. The van der Waals surface area contributed by atoms with Crippen molar-refractivity contribution in [2.45, 2.75) is 72.7 Å². The van der Waals surface area contributed by atoms with E-state index in [9.17, 15) is 18.0 Å². The highest BCUT2D eigenvalue weighted by molar-refractivity contribution is 7.91. The van der Waals surface area contributed by atoms with E-state index in [1.807, 2.05) is 51.7 Å². The van der Waals surface area contributed by atoms with Gasteiger partial charge in [-0.3, -0.25) is 0 Å². The number of anilines is 4. The number of hydrogen-bond acceptors (Lipinski definition) is 11. The molecule has 0 unspecified atom stereocenters. The molecule has 5 rings (SSSR count). The van der Waals surface area contributed by atoms with E-state index in [2.05, 4.69) is 14.9 Å². The highest BCUT2D eigenvalue weighted by atomic mass is 32.2. The molecule has 1 atom stereocenters. The summed E-state index contributed by atoms with van der Waals surface area (Å²) in [6, 6.07) is 3.91. The average Bonchev–Trinajstić information content (AvgIpc) is 3.05. The van der Waals surface area contributed by atoms with Crippen molar-refractivity contribution in [3.63, 3.8) is 0 Å². The maximum Gasteiger partial charge on any atom is 0.420 e. The van der Waals surface area contributed by atoms with Crippen LogP contribution in [0.15, 0.2) is 18.5 Å². The van der Waals surface area contributed by atoms with E-state index in [0.717, 1.165) is 11.3 Å². The summed E-state index contributed by atoms with van der Waals surface area (Å²) in [5.41, 5.74) is 1.35. The van der Waals surface area contributed by atoms with E-state index in [0.29, 0.717) is 54.8 Å². The lowest BCUT2D eigenvalue weighted by molar-refractivity contribution is 0.0240. The lowest BCUT2D eigenvalue weighted by Crippen LogP contribution is -2.50. The molecule has 0 spiro atoms. The molecule has 2 aromatic rings. The molecule has 13 nitrogen and oxygen atoms in total. The van der Waals surface area contributed by atoms with Crippen LogP contribution in [0, 0.1) is 6.92 Å². The number of aromatic nitrogens is 2. The lowest BCUT2D eigenvalue weighted by Gasteiger charge is -2.37. The van der Waals surface area contributed by atoms with E-state index >= 15 is 0 Å². The number of carbonyl (C=O) groups excluding carboxylic acids is 2. The first-order valence-electron chi connectivity index (χ1n) is 15.3. The first-order chi connectivity index (χ1) is 20.9. The number of rotatable bonds is 2. The number of aryl methyl sites for hydroxylation is 1. The monoisotopic (exact) mass is 644 g/mol. The van der Waals surface area contributed by atoms with E-state index in [-0.39, 0.29) is 30.7 Å². The molecule has 0 N–H and O–H groups in total. The lowest BCUT2D eigenvalue weighted by atomic mass is 10.1. The number of nitrogens with zero attached hydrogens (tertiary/aromatic N) is 6. The average molecular weight is 645 g/mol. The number of benzene rings is 1. The molecule has 0 saturated carbocycles. The van der Waals surface area contributed by atoms with Crippen LogP contribution in [0.3, 0.4) is 0 Å². The minimum Gasteiger partial charge on any atom is -0.483 e. The molecule has 45 heavy (non-hydrogen) atoms. The molecule has 3 aliphatic rings. The summed E-state index contributed by atoms with van der Waals surface area (Å²) in [6.07, 6.45) is -0.140. The van der Waals surface area contributed by atoms with Gasteiger partial charge in [0.25, 0.3) is 0 Å². The Balaban J connectivity index is 1.54. The van der Waals surface area contributed by atoms with Gasteiger partial charge in [-0.05, 0) is 73.1 Å². The zero-order valence-corrected chi connectivity index (χ0v) is 28.2. The van der Waals surface area contributed by atoms with Crippen molar-refractivity contribution >= 4 is 45.0 Å². The molecule has 246 valence electrons. The van der Waals surface area contributed by atoms with E-state index in [4.69, 9.17) is 14.2 Å². The van der Waals surface area contributed by atoms with E-state index < -0.39 is 33.2 Å². The summed E-state index contributed by atoms with van der Waals surface area (Å²) in [7, 11) is -3.13. The summed E-state index contributed by atoms with van der Waals surface area (Å²) in [6.45, 7) is 17.4. The van der Waals surface area contributed by atoms with Crippen LogP contribution in [-0.2, 0) is 19.3 Å². The third-order valence-electron chi connectivity index (χ3n) is 7.75. The first-order valence-corrected chi connectivity index (χ1v) is 17.1. The van der Waals surface area contributed by atoms with Crippen LogP contribution < -0.4 is 19.4 Å². The Morgan fingerprint density at radius 3 is 2.02 bits per heavy atom. The van der Waals surface area contributed by atoms with Gasteiger partial charge in [0.1, 0.15) is 35.2 Å². The molecule has 14 heteroatoms. The molecule has 1 aromatic heterocycles. The number of amides is 2. The van der Waals surface area contributed by atoms with Crippen LogP contribution in [0.4, 0.5) is 32.6 Å². The Labute approximate surface area is 265 Å². The van der Waals surface area contributed by atoms with Crippen LogP contribution in [-0.4, -0.2) is 97.4 Å². The van der Waals surface area contributed by atoms with Crippen molar-refractivity contribution in [3.8, 4) is 5.75 Å². The summed E-state index contributed by atoms with van der Waals surface area (Å²) in [5, 5.41) is 0. The second kappa shape index (κ2) is 11.8. The Hall–Kier alpha value is -3.81. The van der Waals surface area contributed by atoms with Crippen molar-refractivity contribution in [2.24, 2.45) is 0 Å². The molecule has 0 bridgehead atoms. The van der Waals surface area contributed by atoms with Gasteiger partial charge in [0.05, 0.1) is 22.8 Å². The molecular formula is C31H44N6O7S. The summed E-state index contributed by atoms with van der Waals surface area (Å²) in [4.78, 5) is 43.1. The predicted octanol–water partition coefficient (Wildman–Crippen LogP) is 4.60. The second-order valence-electron chi connectivity index (χ2n) is 13.7. The van der Waals surface area contributed by atoms with Crippen molar-refractivity contribution in [1.29, 1.82) is 0 Å². The molecule has 4 heterocycles. The van der Waals surface area contributed by atoms with Gasteiger partial charge in [-0.25, -0.2) is 32.9 Å². The molecule has 2 amide bonds. The largest absolute Gasteiger partial charge is 0.483 e. The summed E-state index contributed by atoms with van der Waals surface area (Å²) >= 11 is 0. The number of piperazine rings is 1. The predicted molar refractivity (Wildman–Crippen MR) is 172 cm³/mol. The fraction of sp³-hybridized carbons (Fsp3) is 0.613. The van der Waals surface area contributed by atoms with Gasteiger partial charge >= 0.3 is 12.2 Å².